The van der Waals surface area contributed by atoms with Gasteiger partial charge in [-0.15, -0.1) is 0 Å². The van der Waals surface area contributed by atoms with Gasteiger partial charge >= 0.3 is 13.5 Å². The van der Waals surface area contributed by atoms with Crippen molar-refractivity contribution >= 4 is 30.7 Å². The van der Waals surface area contributed by atoms with Crippen molar-refractivity contribution in [1.29, 1.82) is 0 Å². The number of imidazole rings is 1. The third-order valence-corrected chi connectivity index (χ3v) is 9.36. The molecule has 7 rings (SSSR count). The van der Waals surface area contributed by atoms with E-state index in [4.69, 9.17) is 37.5 Å². The second-order valence-corrected chi connectivity index (χ2v) is 12.8. The zero-order valence-corrected chi connectivity index (χ0v) is 27.4. The molecule has 3 fully saturated rings. The number of aromatic amines is 1. The van der Waals surface area contributed by atoms with Crippen molar-refractivity contribution in [2.24, 2.45) is 0 Å². The Morgan fingerprint density at radius 1 is 1.00 bits per heavy atom. The van der Waals surface area contributed by atoms with E-state index in [0.29, 0.717) is 16.7 Å². The van der Waals surface area contributed by atoms with Crippen molar-refractivity contribution in [2.45, 2.75) is 49.1 Å². The van der Waals surface area contributed by atoms with Crippen LogP contribution in [0.4, 0.5) is 5.82 Å². The molecular formula is C29H32N7O13P. The summed E-state index contributed by atoms with van der Waals surface area (Å²) in [5, 5.41) is 2.75. The molecule has 21 heteroatoms. The number of aromatic nitrogens is 6. The highest BCUT2D eigenvalue weighted by atomic mass is 31.2. The minimum Gasteiger partial charge on any atom is -0.382 e. The number of methoxy groups -OCH3 is 2. The standard InChI is InChI=1S/C29H32N7O13P/c1-42-10-16-21(22(43-2)27(47-16)35-9-8-18(37)33-29(35)39)49-50(40,41)46-11-17-20-23(45-14-44-20)28(48-17)36-13-32-19-24(30-12-31-25(19)36)34-26(38)15-6-4-3-5-7-15/h3-9,12-13,16-17,20-23,27-28H,10-11,14H2,1-2H3,(H,40,41)(H,33,37,39)(H,30,31,34,38)/t16-,17-,20-,21-,22-,23-,27-,28-/m1/s1. The summed E-state index contributed by atoms with van der Waals surface area (Å²) in [6, 6.07) is 9.73. The third kappa shape index (κ3) is 6.65. The Hall–Kier alpha value is -4.21. The maximum atomic E-state index is 13.3. The number of hydrogen-bond acceptors (Lipinski definition) is 15. The molecule has 0 radical (unpaired) electrons. The number of benzene rings is 1. The van der Waals surface area contributed by atoms with Crippen LogP contribution in [0.2, 0.25) is 0 Å². The van der Waals surface area contributed by atoms with Gasteiger partial charge in [-0.05, 0) is 12.1 Å². The summed E-state index contributed by atoms with van der Waals surface area (Å²) in [4.78, 5) is 62.8. The number of nitrogens with one attached hydrogen (secondary N) is 2. The van der Waals surface area contributed by atoms with E-state index in [1.165, 1.54) is 33.1 Å². The Kier molecular flexibility index (Phi) is 9.72. The molecule has 3 N–H and O–H groups in total. The Bertz CT molecular complexity index is 2010. The van der Waals surface area contributed by atoms with E-state index >= 15 is 0 Å². The summed E-state index contributed by atoms with van der Waals surface area (Å²) in [5.41, 5.74) is -0.344. The highest BCUT2D eigenvalue weighted by Gasteiger charge is 2.53. The van der Waals surface area contributed by atoms with Crippen LogP contribution in [0.5, 0.6) is 0 Å². The lowest BCUT2D eigenvalue weighted by Gasteiger charge is -2.26. The highest BCUT2D eigenvalue weighted by molar-refractivity contribution is 7.47. The molecule has 0 aliphatic carbocycles. The van der Waals surface area contributed by atoms with Gasteiger partial charge in [0.1, 0.15) is 49.7 Å². The molecular weight excluding hydrogens is 685 g/mol. The zero-order valence-electron chi connectivity index (χ0n) is 26.5. The largest absolute Gasteiger partial charge is 0.472 e. The SMILES string of the molecule is COC[C@H]1O[C@@H](n2ccc(=O)[nH]c2=O)[C@H](OC)[C@@H]1OP(=O)(O)OC[C@H]1O[C@@H](n2cnc3c(NC(=O)c4ccccc4)ncnc32)[C@@H]2OCO[C@@H]21. The number of fused-ring (bicyclic) bond motifs is 2. The highest BCUT2D eigenvalue weighted by Crippen LogP contribution is 2.50. The number of phosphoric ester groups is 1. The van der Waals surface area contributed by atoms with Crippen molar-refractivity contribution in [3.05, 3.63) is 81.7 Å². The summed E-state index contributed by atoms with van der Waals surface area (Å²) >= 11 is 0. The van der Waals surface area contributed by atoms with E-state index in [9.17, 15) is 23.8 Å². The number of hydrogen-bond donors (Lipinski definition) is 3. The van der Waals surface area contributed by atoms with Crippen LogP contribution in [-0.4, -0.2) is 111 Å². The Morgan fingerprint density at radius 2 is 1.78 bits per heavy atom. The molecule has 0 saturated carbocycles. The van der Waals surface area contributed by atoms with E-state index in [-0.39, 0.29) is 25.1 Å². The molecule has 3 aliphatic rings. The minimum absolute atomic E-state index is 0.0713. The first-order valence-electron chi connectivity index (χ1n) is 15.2. The smallest absolute Gasteiger partial charge is 0.382 e. The number of rotatable bonds is 12. The van der Waals surface area contributed by atoms with Crippen LogP contribution in [0.15, 0.2) is 64.8 Å². The molecule has 1 aromatic carbocycles. The van der Waals surface area contributed by atoms with Gasteiger partial charge in [-0.2, -0.15) is 0 Å². The van der Waals surface area contributed by atoms with E-state index in [0.717, 1.165) is 10.6 Å². The number of amides is 1. The molecule has 3 aliphatic heterocycles. The molecule has 50 heavy (non-hydrogen) atoms. The van der Waals surface area contributed by atoms with Gasteiger partial charge in [-0.1, -0.05) is 18.2 Å². The normalized spacial score (nSPS) is 28.9. The average molecular weight is 718 g/mol. The molecule has 266 valence electrons. The maximum absolute atomic E-state index is 13.3. The lowest BCUT2D eigenvalue weighted by molar-refractivity contribution is -0.109. The summed E-state index contributed by atoms with van der Waals surface area (Å²) in [7, 11) is -2.16. The molecule has 1 unspecified atom stereocenters. The molecule has 0 spiro atoms. The first-order chi connectivity index (χ1) is 24.2. The van der Waals surface area contributed by atoms with Crippen LogP contribution in [0.25, 0.3) is 11.2 Å². The fraction of sp³-hybridized carbons (Fsp3) is 0.448. The predicted octanol–water partition coefficient (Wildman–Crippen LogP) is 0.329. The molecule has 1 amide bonds. The van der Waals surface area contributed by atoms with E-state index in [2.05, 4.69) is 25.3 Å². The van der Waals surface area contributed by atoms with Crippen LogP contribution in [0, 0.1) is 0 Å². The predicted molar refractivity (Wildman–Crippen MR) is 167 cm³/mol. The van der Waals surface area contributed by atoms with Crippen molar-refractivity contribution in [3.8, 4) is 0 Å². The summed E-state index contributed by atoms with van der Waals surface area (Å²) in [6.07, 6.45) is -3.66. The zero-order chi connectivity index (χ0) is 35.0. The topological polar surface area (TPSA) is 239 Å². The van der Waals surface area contributed by atoms with E-state index in [1.54, 1.807) is 34.9 Å². The van der Waals surface area contributed by atoms with Crippen LogP contribution in [0.3, 0.4) is 0 Å². The van der Waals surface area contributed by atoms with Gasteiger partial charge in [0, 0.05) is 32.0 Å². The molecule has 6 heterocycles. The van der Waals surface area contributed by atoms with Gasteiger partial charge in [0.05, 0.1) is 19.5 Å². The molecule has 0 bridgehead atoms. The maximum Gasteiger partial charge on any atom is 0.472 e. The first-order valence-corrected chi connectivity index (χ1v) is 16.7. The number of ether oxygens (including phenoxy) is 6. The monoisotopic (exact) mass is 717 g/mol. The van der Waals surface area contributed by atoms with E-state index < -0.39 is 74.8 Å². The summed E-state index contributed by atoms with van der Waals surface area (Å²) in [6.45, 7) is -0.628. The molecule has 9 atom stereocenters. The molecule has 4 aromatic rings. The lowest BCUT2D eigenvalue weighted by atomic mass is 10.1. The number of nitrogens with zero attached hydrogens (tertiary/aromatic N) is 5. The van der Waals surface area contributed by atoms with Gasteiger partial charge in [0.2, 0.25) is 0 Å². The Morgan fingerprint density at radius 3 is 2.54 bits per heavy atom. The van der Waals surface area contributed by atoms with Gasteiger partial charge < -0.3 is 38.6 Å². The quantitative estimate of drug-likeness (QED) is 0.167. The molecule has 20 nitrogen and oxygen atoms in total. The number of phosphoric acid groups is 1. The van der Waals surface area contributed by atoms with Crippen LogP contribution in [-0.2, 0) is 42.0 Å². The van der Waals surface area contributed by atoms with Crippen molar-refractivity contribution in [1.82, 2.24) is 29.1 Å². The van der Waals surface area contributed by atoms with Gasteiger partial charge in [0.25, 0.3) is 11.5 Å². The van der Waals surface area contributed by atoms with Crippen molar-refractivity contribution < 1.29 is 51.7 Å². The van der Waals surface area contributed by atoms with Crippen molar-refractivity contribution in [3.63, 3.8) is 0 Å². The molecule has 3 saturated heterocycles. The second kappa shape index (κ2) is 14.2. The number of carbonyl (C=O) groups is 1. The fourth-order valence-electron chi connectivity index (χ4n) is 6.13. The van der Waals surface area contributed by atoms with Gasteiger partial charge in [-0.25, -0.2) is 24.3 Å². The average Bonchev–Trinajstić information content (AvgIpc) is 3.89. The third-order valence-electron chi connectivity index (χ3n) is 8.38. The van der Waals surface area contributed by atoms with Crippen LogP contribution in [0.1, 0.15) is 22.8 Å². The molecule has 3 aromatic heterocycles. The summed E-state index contributed by atoms with van der Waals surface area (Å²) < 4.78 is 61.4. The second-order valence-electron chi connectivity index (χ2n) is 11.4. The summed E-state index contributed by atoms with van der Waals surface area (Å²) in [5.74, 6) is -0.197. The van der Waals surface area contributed by atoms with E-state index in [1.807, 2.05) is 0 Å². The first kappa shape index (κ1) is 34.2. The number of anilines is 1. The van der Waals surface area contributed by atoms with Crippen LogP contribution < -0.4 is 16.6 Å². The van der Waals surface area contributed by atoms with Gasteiger partial charge in [0.15, 0.2) is 29.4 Å². The fourth-order valence-corrected chi connectivity index (χ4v) is 7.09. The minimum atomic E-state index is -4.86. The number of H-pyrrole nitrogens is 1. The Balaban J connectivity index is 1.05. The Labute approximate surface area is 281 Å². The lowest BCUT2D eigenvalue weighted by Crippen LogP contribution is -2.40. The number of carbonyl (C=O) groups excluding carboxylic acids is 1. The van der Waals surface area contributed by atoms with Gasteiger partial charge in [-0.3, -0.25) is 32.8 Å². The van der Waals surface area contributed by atoms with Crippen LogP contribution >= 0.6 is 7.82 Å². The van der Waals surface area contributed by atoms with Crippen molar-refractivity contribution in [2.75, 3.05) is 39.5 Å².